The van der Waals surface area contributed by atoms with E-state index in [4.69, 9.17) is 27.9 Å². The molecule has 22 heavy (non-hydrogen) atoms. The summed E-state index contributed by atoms with van der Waals surface area (Å²) in [4.78, 5) is 14.0. The molecular weight excluding hydrogens is 351 g/mol. The number of carbonyl (C=O) groups is 1. The minimum absolute atomic E-state index is 0.236. The van der Waals surface area contributed by atoms with E-state index in [0.29, 0.717) is 24.4 Å². The third-order valence-corrected chi connectivity index (χ3v) is 5.31. The number of nitrogens with zero attached hydrogens (tertiary/aromatic N) is 2. The van der Waals surface area contributed by atoms with Crippen molar-refractivity contribution in [3.05, 3.63) is 27.7 Å². The number of halogens is 2. The molecule has 0 atom stereocenters. The van der Waals surface area contributed by atoms with Crippen LogP contribution in [0.15, 0.2) is 12.1 Å². The number of carbonyl (C=O) groups excluding carboxylic acids is 1. The summed E-state index contributed by atoms with van der Waals surface area (Å²) in [6.45, 7) is 1.21. The number of hydrogen-bond donors (Lipinski definition) is 0. The lowest BCUT2D eigenvalue weighted by Gasteiger charge is -2.33. The Labute approximate surface area is 139 Å². The Kier molecular flexibility index (Phi) is 5.21. The molecule has 1 saturated heterocycles. The Hall–Kier alpha value is -1.02. The first-order valence-corrected chi connectivity index (χ1v) is 9.12. The third-order valence-electron chi connectivity index (χ3n) is 3.44. The third kappa shape index (κ3) is 3.65. The van der Waals surface area contributed by atoms with Gasteiger partial charge in [0.05, 0.1) is 23.4 Å². The molecule has 0 radical (unpaired) electrons. The standard InChI is InChI=1S/C13H16Cl2N2O4S/c1-21-12-10(14)7-9(8-11(12)15)13(18)16-3-5-17(6-4-16)22(2,19)20/h7-8H,3-6H2,1-2H3. The number of hydrogen-bond acceptors (Lipinski definition) is 4. The average Bonchev–Trinajstić information content (AvgIpc) is 2.45. The molecule has 6 nitrogen and oxygen atoms in total. The first-order valence-electron chi connectivity index (χ1n) is 6.51. The van der Waals surface area contributed by atoms with E-state index >= 15 is 0 Å². The van der Waals surface area contributed by atoms with Gasteiger partial charge in [-0.05, 0) is 12.1 Å². The van der Waals surface area contributed by atoms with E-state index in [1.54, 1.807) is 4.90 Å². The van der Waals surface area contributed by atoms with Crippen molar-refractivity contribution < 1.29 is 17.9 Å². The molecule has 0 bridgehead atoms. The quantitative estimate of drug-likeness (QED) is 0.816. The summed E-state index contributed by atoms with van der Waals surface area (Å²) in [5.41, 5.74) is 0.351. The molecule has 0 unspecified atom stereocenters. The van der Waals surface area contributed by atoms with Crippen molar-refractivity contribution >= 4 is 39.1 Å². The van der Waals surface area contributed by atoms with Gasteiger partial charge in [-0.1, -0.05) is 23.2 Å². The summed E-state index contributed by atoms with van der Waals surface area (Å²) >= 11 is 12.1. The van der Waals surface area contributed by atoms with Gasteiger partial charge >= 0.3 is 0 Å². The van der Waals surface area contributed by atoms with Crippen LogP contribution >= 0.6 is 23.2 Å². The van der Waals surface area contributed by atoms with Crippen molar-refractivity contribution in [3.63, 3.8) is 0 Å². The molecule has 0 N–H and O–H groups in total. The molecule has 1 aromatic rings. The number of methoxy groups -OCH3 is 1. The van der Waals surface area contributed by atoms with Gasteiger partial charge in [-0.2, -0.15) is 4.31 Å². The van der Waals surface area contributed by atoms with Gasteiger partial charge in [-0.3, -0.25) is 4.79 Å². The predicted molar refractivity (Wildman–Crippen MR) is 85.3 cm³/mol. The minimum atomic E-state index is -3.23. The van der Waals surface area contributed by atoms with Crippen LogP contribution in [0.3, 0.4) is 0 Å². The van der Waals surface area contributed by atoms with Gasteiger partial charge in [0.1, 0.15) is 0 Å². The SMILES string of the molecule is COc1c(Cl)cc(C(=O)N2CCN(S(C)(=O)=O)CC2)cc1Cl. The van der Waals surface area contributed by atoms with Crippen molar-refractivity contribution in [2.75, 3.05) is 39.5 Å². The van der Waals surface area contributed by atoms with Crippen molar-refractivity contribution in [2.24, 2.45) is 0 Å². The van der Waals surface area contributed by atoms with E-state index in [9.17, 15) is 13.2 Å². The first-order chi connectivity index (χ1) is 10.2. The first kappa shape index (κ1) is 17.3. The fourth-order valence-corrected chi connectivity index (χ4v) is 3.75. The van der Waals surface area contributed by atoms with E-state index in [1.807, 2.05) is 0 Å². The van der Waals surface area contributed by atoms with Crippen LogP contribution < -0.4 is 4.74 Å². The molecule has 1 aliphatic heterocycles. The second-order valence-electron chi connectivity index (χ2n) is 4.93. The van der Waals surface area contributed by atoms with E-state index in [0.717, 1.165) is 6.26 Å². The monoisotopic (exact) mass is 366 g/mol. The number of ether oxygens (including phenoxy) is 1. The highest BCUT2D eigenvalue weighted by Gasteiger charge is 2.27. The molecule has 0 spiro atoms. The van der Waals surface area contributed by atoms with Crippen LogP contribution in [0.25, 0.3) is 0 Å². The van der Waals surface area contributed by atoms with Crippen LogP contribution in [0, 0.1) is 0 Å². The molecule has 2 rings (SSSR count). The number of benzene rings is 1. The molecule has 0 aliphatic carbocycles. The lowest BCUT2D eigenvalue weighted by atomic mass is 10.1. The zero-order chi connectivity index (χ0) is 16.5. The van der Waals surface area contributed by atoms with Crippen molar-refractivity contribution in [2.45, 2.75) is 0 Å². The summed E-state index contributed by atoms with van der Waals surface area (Å²) in [6, 6.07) is 3.00. The zero-order valence-corrected chi connectivity index (χ0v) is 14.5. The highest BCUT2D eigenvalue weighted by atomic mass is 35.5. The van der Waals surface area contributed by atoms with Crippen molar-refractivity contribution in [1.82, 2.24) is 9.21 Å². The van der Waals surface area contributed by atoms with E-state index in [-0.39, 0.29) is 29.0 Å². The number of amides is 1. The number of rotatable bonds is 3. The van der Waals surface area contributed by atoms with Gasteiger partial charge in [0.15, 0.2) is 5.75 Å². The molecule has 0 saturated carbocycles. The zero-order valence-electron chi connectivity index (χ0n) is 12.2. The van der Waals surface area contributed by atoms with Gasteiger partial charge in [0, 0.05) is 31.7 Å². The topological polar surface area (TPSA) is 66.9 Å². The highest BCUT2D eigenvalue weighted by Crippen LogP contribution is 2.34. The lowest BCUT2D eigenvalue weighted by molar-refractivity contribution is 0.0698. The van der Waals surface area contributed by atoms with E-state index in [1.165, 1.54) is 23.5 Å². The Morgan fingerprint density at radius 2 is 1.64 bits per heavy atom. The van der Waals surface area contributed by atoms with Gasteiger partial charge in [0.2, 0.25) is 10.0 Å². The van der Waals surface area contributed by atoms with Crippen LogP contribution in [-0.4, -0.2) is 63.1 Å². The Morgan fingerprint density at radius 1 is 1.14 bits per heavy atom. The fraction of sp³-hybridized carbons (Fsp3) is 0.462. The molecule has 0 aromatic heterocycles. The van der Waals surface area contributed by atoms with Crippen molar-refractivity contribution in [1.29, 1.82) is 0 Å². The Morgan fingerprint density at radius 3 is 2.05 bits per heavy atom. The summed E-state index contributed by atoms with van der Waals surface area (Å²) in [5.74, 6) is 0.0846. The van der Waals surface area contributed by atoms with Crippen LogP contribution in [0.5, 0.6) is 5.75 Å². The smallest absolute Gasteiger partial charge is 0.254 e. The number of piperazine rings is 1. The second-order valence-corrected chi connectivity index (χ2v) is 7.72. The summed E-state index contributed by atoms with van der Waals surface area (Å²) in [6.07, 6.45) is 1.16. The maximum atomic E-state index is 12.5. The van der Waals surface area contributed by atoms with E-state index in [2.05, 4.69) is 0 Å². The largest absolute Gasteiger partial charge is 0.494 e. The molecule has 1 aliphatic rings. The fourth-order valence-electron chi connectivity index (χ4n) is 2.28. The van der Waals surface area contributed by atoms with Crippen molar-refractivity contribution in [3.8, 4) is 5.75 Å². The number of sulfonamides is 1. The minimum Gasteiger partial charge on any atom is -0.494 e. The van der Waals surface area contributed by atoms with Gasteiger partial charge < -0.3 is 9.64 Å². The summed E-state index contributed by atoms with van der Waals surface area (Å²) < 4.78 is 29.3. The van der Waals surface area contributed by atoms with Gasteiger partial charge in [-0.15, -0.1) is 0 Å². The second kappa shape index (κ2) is 6.62. The predicted octanol–water partition coefficient (Wildman–Crippen LogP) is 1.72. The maximum absolute atomic E-state index is 12.5. The Bertz CT molecular complexity index is 662. The summed E-state index contributed by atoms with van der Waals surface area (Å²) in [7, 11) is -1.78. The van der Waals surface area contributed by atoms with E-state index < -0.39 is 10.0 Å². The lowest BCUT2D eigenvalue weighted by Crippen LogP contribution is -2.50. The molecule has 1 aromatic carbocycles. The highest BCUT2D eigenvalue weighted by molar-refractivity contribution is 7.88. The van der Waals surface area contributed by atoms with Gasteiger partial charge in [0.25, 0.3) is 5.91 Å². The molecule has 1 fully saturated rings. The molecule has 122 valence electrons. The van der Waals surface area contributed by atoms with Crippen LogP contribution in [0.2, 0.25) is 10.0 Å². The molecular formula is C13H16Cl2N2O4S. The molecule has 9 heteroatoms. The van der Waals surface area contributed by atoms with Crippen LogP contribution in [0.1, 0.15) is 10.4 Å². The van der Waals surface area contributed by atoms with Crippen LogP contribution in [-0.2, 0) is 10.0 Å². The summed E-state index contributed by atoms with van der Waals surface area (Å²) in [5, 5.41) is 0.515. The van der Waals surface area contributed by atoms with Gasteiger partial charge in [-0.25, -0.2) is 8.42 Å². The average molecular weight is 367 g/mol. The normalized spacial score (nSPS) is 16.6. The molecule has 1 amide bonds. The van der Waals surface area contributed by atoms with Crippen LogP contribution in [0.4, 0.5) is 0 Å². The maximum Gasteiger partial charge on any atom is 0.254 e. The molecule has 1 heterocycles. The Balaban J connectivity index is 2.14.